The third-order valence-corrected chi connectivity index (χ3v) is 3.08. The fourth-order valence-electron chi connectivity index (χ4n) is 1.96. The number of nitrogens with zero attached hydrogens (tertiary/aromatic N) is 1. The minimum Gasteiger partial charge on any atom is -0.318 e. The molecule has 2 N–H and O–H groups in total. The number of rotatable bonds is 3. The molecule has 0 unspecified atom stereocenters. The monoisotopic (exact) mass is 299 g/mol. The summed E-state index contributed by atoms with van der Waals surface area (Å²) >= 11 is 0. The Kier molecular flexibility index (Phi) is 3.65. The molecule has 0 atom stereocenters. The van der Waals surface area contributed by atoms with Crippen molar-refractivity contribution >= 4 is 11.6 Å². The van der Waals surface area contributed by atoms with Gasteiger partial charge in [-0.1, -0.05) is 12.1 Å². The SMILES string of the molecule is O=C(Nc1ccccc1F)c1cc(-c2ccc(F)cc2)n[nH]1. The molecule has 0 aliphatic rings. The van der Waals surface area contributed by atoms with E-state index in [2.05, 4.69) is 15.5 Å². The van der Waals surface area contributed by atoms with Gasteiger partial charge in [0.15, 0.2) is 0 Å². The number of hydrogen-bond acceptors (Lipinski definition) is 2. The molecule has 4 nitrogen and oxygen atoms in total. The van der Waals surface area contributed by atoms with E-state index < -0.39 is 11.7 Å². The molecule has 110 valence electrons. The number of amides is 1. The Morgan fingerprint density at radius 2 is 1.77 bits per heavy atom. The Morgan fingerprint density at radius 1 is 1.05 bits per heavy atom. The number of nitrogens with one attached hydrogen (secondary N) is 2. The maximum atomic E-state index is 13.5. The molecule has 3 rings (SSSR count). The van der Waals surface area contributed by atoms with Gasteiger partial charge in [0.05, 0.1) is 11.4 Å². The van der Waals surface area contributed by atoms with Crippen LogP contribution in [0, 0.1) is 11.6 Å². The van der Waals surface area contributed by atoms with E-state index in [4.69, 9.17) is 0 Å². The van der Waals surface area contributed by atoms with E-state index >= 15 is 0 Å². The van der Waals surface area contributed by atoms with E-state index in [1.165, 1.54) is 36.4 Å². The minimum atomic E-state index is -0.519. The summed E-state index contributed by atoms with van der Waals surface area (Å²) < 4.78 is 26.4. The zero-order chi connectivity index (χ0) is 15.5. The maximum absolute atomic E-state index is 13.5. The van der Waals surface area contributed by atoms with E-state index in [1.807, 2.05) is 0 Å². The van der Waals surface area contributed by atoms with Gasteiger partial charge in [0, 0.05) is 5.56 Å². The van der Waals surface area contributed by atoms with E-state index in [0.29, 0.717) is 11.3 Å². The molecule has 2 aromatic carbocycles. The third-order valence-electron chi connectivity index (χ3n) is 3.08. The summed E-state index contributed by atoms with van der Waals surface area (Å²) in [7, 11) is 0. The fraction of sp³-hybridized carbons (Fsp3) is 0. The van der Waals surface area contributed by atoms with Gasteiger partial charge in [0.1, 0.15) is 17.3 Å². The van der Waals surface area contributed by atoms with E-state index in [9.17, 15) is 13.6 Å². The Hall–Kier alpha value is -3.02. The van der Waals surface area contributed by atoms with Crippen molar-refractivity contribution < 1.29 is 13.6 Å². The maximum Gasteiger partial charge on any atom is 0.273 e. The topological polar surface area (TPSA) is 57.8 Å². The van der Waals surface area contributed by atoms with Crippen molar-refractivity contribution in [2.24, 2.45) is 0 Å². The van der Waals surface area contributed by atoms with Crippen molar-refractivity contribution in [2.45, 2.75) is 0 Å². The molecule has 1 aromatic heterocycles. The van der Waals surface area contributed by atoms with Crippen LogP contribution in [0.15, 0.2) is 54.6 Å². The smallest absolute Gasteiger partial charge is 0.273 e. The molecule has 0 bridgehead atoms. The predicted molar refractivity (Wildman–Crippen MR) is 78.3 cm³/mol. The zero-order valence-electron chi connectivity index (χ0n) is 11.3. The molecule has 6 heteroatoms. The molecule has 0 radical (unpaired) electrons. The van der Waals surface area contributed by atoms with Crippen molar-refractivity contribution in [3.05, 3.63) is 71.9 Å². The highest BCUT2D eigenvalue weighted by molar-refractivity contribution is 6.03. The lowest BCUT2D eigenvalue weighted by Gasteiger charge is -2.03. The first-order chi connectivity index (χ1) is 10.6. The summed E-state index contributed by atoms with van der Waals surface area (Å²) in [6.07, 6.45) is 0. The number of benzene rings is 2. The molecule has 0 saturated carbocycles. The van der Waals surface area contributed by atoms with Gasteiger partial charge < -0.3 is 5.32 Å². The summed E-state index contributed by atoms with van der Waals surface area (Å²) in [5, 5.41) is 9.03. The van der Waals surface area contributed by atoms with Crippen LogP contribution in [0.2, 0.25) is 0 Å². The average Bonchev–Trinajstić information content (AvgIpc) is 3.00. The van der Waals surface area contributed by atoms with Crippen molar-refractivity contribution in [2.75, 3.05) is 5.32 Å². The molecular formula is C16H11F2N3O. The lowest BCUT2D eigenvalue weighted by molar-refractivity contribution is 0.102. The van der Waals surface area contributed by atoms with Crippen LogP contribution in [0.1, 0.15) is 10.5 Å². The van der Waals surface area contributed by atoms with Gasteiger partial charge in [-0.25, -0.2) is 8.78 Å². The number of aromatic nitrogens is 2. The van der Waals surface area contributed by atoms with Crippen LogP contribution in [0.25, 0.3) is 11.3 Å². The van der Waals surface area contributed by atoms with Gasteiger partial charge in [-0.2, -0.15) is 5.10 Å². The van der Waals surface area contributed by atoms with E-state index in [-0.39, 0.29) is 17.2 Å². The van der Waals surface area contributed by atoms with Crippen LogP contribution in [-0.2, 0) is 0 Å². The summed E-state index contributed by atoms with van der Waals surface area (Å²) in [6, 6.07) is 13.1. The van der Waals surface area contributed by atoms with Crippen molar-refractivity contribution in [1.29, 1.82) is 0 Å². The van der Waals surface area contributed by atoms with Gasteiger partial charge >= 0.3 is 0 Å². The molecule has 0 saturated heterocycles. The predicted octanol–water partition coefficient (Wildman–Crippen LogP) is 3.61. The number of halogens is 2. The lowest BCUT2D eigenvalue weighted by atomic mass is 10.1. The van der Waals surface area contributed by atoms with Crippen LogP contribution >= 0.6 is 0 Å². The number of aromatic amines is 1. The molecule has 1 heterocycles. The van der Waals surface area contributed by atoms with Crippen molar-refractivity contribution in [3.63, 3.8) is 0 Å². The number of carbonyl (C=O) groups excluding carboxylic acids is 1. The third kappa shape index (κ3) is 2.85. The average molecular weight is 299 g/mol. The second-order valence-electron chi connectivity index (χ2n) is 4.61. The Balaban J connectivity index is 1.80. The standard InChI is InChI=1S/C16H11F2N3O/c17-11-7-5-10(6-8-11)14-9-15(21-20-14)16(22)19-13-4-2-1-3-12(13)18/h1-9H,(H,19,22)(H,20,21). The van der Waals surface area contributed by atoms with Gasteiger partial charge in [0.25, 0.3) is 5.91 Å². The highest BCUT2D eigenvalue weighted by atomic mass is 19.1. The van der Waals surface area contributed by atoms with Gasteiger partial charge in [-0.3, -0.25) is 9.89 Å². The zero-order valence-corrected chi connectivity index (χ0v) is 11.3. The lowest BCUT2D eigenvalue weighted by Crippen LogP contribution is -2.13. The minimum absolute atomic E-state index is 0.0884. The number of para-hydroxylation sites is 1. The molecule has 1 amide bonds. The molecule has 0 aliphatic carbocycles. The largest absolute Gasteiger partial charge is 0.318 e. The van der Waals surface area contributed by atoms with Gasteiger partial charge in [-0.05, 0) is 42.5 Å². The van der Waals surface area contributed by atoms with Crippen LogP contribution in [0.3, 0.4) is 0 Å². The molecule has 0 fully saturated rings. The second kappa shape index (κ2) is 5.77. The summed E-state index contributed by atoms with van der Waals surface area (Å²) in [5.74, 6) is -1.38. The quantitative estimate of drug-likeness (QED) is 0.776. The van der Waals surface area contributed by atoms with Crippen LogP contribution in [0.5, 0.6) is 0 Å². The molecule has 22 heavy (non-hydrogen) atoms. The number of H-pyrrole nitrogens is 1. The van der Waals surface area contributed by atoms with E-state index in [0.717, 1.165) is 0 Å². The van der Waals surface area contributed by atoms with Crippen molar-refractivity contribution in [3.8, 4) is 11.3 Å². The highest BCUT2D eigenvalue weighted by Crippen LogP contribution is 2.19. The molecular weight excluding hydrogens is 288 g/mol. The van der Waals surface area contributed by atoms with E-state index in [1.54, 1.807) is 18.2 Å². The Labute approximate surface area is 124 Å². The molecule has 0 aliphatic heterocycles. The summed E-state index contributed by atoms with van der Waals surface area (Å²) in [6.45, 7) is 0. The molecule has 0 spiro atoms. The van der Waals surface area contributed by atoms with Gasteiger partial charge in [0.2, 0.25) is 0 Å². The normalized spacial score (nSPS) is 10.5. The number of anilines is 1. The van der Waals surface area contributed by atoms with Crippen LogP contribution < -0.4 is 5.32 Å². The summed E-state index contributed by atoms with van der Waals surface area (Å²) in [4.78, 5) is 12.1. The fourth-order valence-corrected chi connectivity index (χ4v) is 1.96. The van der Waals surface area contributed by atoms with Crippen LogP contribution in [-0.4, -0.2) is 16.1 Å². The first-order valence-electron chi connectivity index (χ1n) is 6.51. The summed E-state index contributed by atoms with van der Waals surface area (Å²) in [5.41, 5.74) is 1.44. The number of carbonyl (C=O) groups is 1. The van der Waals surface area contributed by atoms with Gasteiger partial charge in [-0.15, -0.1) is 0 Å². The first-order valence-corrected chi connectivity index (χ1v) is 6.51. The van der Waals surface area contributed by atoms with Crippen LogP contribution in [0.4, 0.5) is 14.5 Å². The molecule has 3 aromatic rings. The highest BCUT2D eigenvalue weighted by Gasteiger charge is 2.13. The first kappa shape index (κ1) is 13.9. The Morgan fingerprint density at radius 3 is 2.50 bits per heavy atom. The Bertz CT molecular complexity index is 812. The van der Waals surface area contributed by atoms with Crippen molar-refractivity contribution in [1.82, 2.24) is 10.2 Å². The second-order valence-corrected chi connectivity index (χ2v) is 4.61. The number of hydrogen-bond donors (Lipinski definition) is 2.